The minimum atomic E-state index is -4.26. The lowest BCUT2D eigenvalue weighted by Crippen LogP contribution is -1.99. The fraction of sp³-hybridized carbons (Fsp3) is 0.125. The van der Waals surface area contributed by atoms with E-state index in [0.29, 0.717) is 24.2 Å². The fourth-order valence-electron chi connectivity index (χ4n) is 1.97. The lowest BCUT2D eigenvalue weighted by molar-refractivity contribution is 0.481. The average molecular weight is 396 g/mol. The van der Waals surface area contributed by atoms with Crippen molar-refractivity contribution in [1.82, 2.24) is 0 Å². The van der Waals surface area contributed by atoms with Crippen LogP contribution in [0.1, 0.15) is 11.1 Å². The maximum absolute atomic E-state index is 11.1. The molecule has 2 aromatic rings. The molecule has 0 bridgehead atoms. The van der Waals surface area contributed by atoms with Gasteiger partial charge in [0.05, 0.1) is 22.9 Å². The summed E-state index contributed by atoms with van der Waals surface area (Å²) in [6.45, 7) is 0.648. The van der Waals surface area contributed by atoms with E-state index in [2.05, 4.69) is 9.98 Å². The second kappa shape index (κ2) is 8.32. The maximum atomic E-state index is 11.1. The Balaban J connectivity index is 1.93. The van der Waals surface area contributed by atoms with Gasteiger partial charge in [-0.05, 0) is 35.4 Å². The molecule has 26 heavy (non-hydrogen) atoms. The minimum absolute atomic E-state index is 0.210. The summed E-state index contributed by atoms with van der Waals surface area (Å²) in [5.74, 6) is 0. The number of benzene rings is 2. The van der Waals surface area contributed by atoms with Gasteiger partial charge in [-0.25, -0.2) is 0 Å². The van der Waals surface area contributed by atoms with E-state index in [-0.39, 0.29) is 9.79 Å². The molecule has 0 atom stereocenters. The lowest BCUT2D eigenvalue weighted by Gasteiger charge is -1.99. The first-order chi connectivity index (χ1) is 12.2. The third kappa shape index (κ3) is 6.15. The topological polar surface area (TPSA) is 133 Å². The number of hydrogen-bond acceptors (Lipinski definition) is 6. The molecule has 0 fully saturated rings. The normalized spacial score (nSPS) is 12.8. The molecule has 0 aliphatic rings. The van der Waals surface area contributed by atoms with Gasteiger partial charge in [0.1, 0.15) is 0 Å². The van der Waals surface area contributed by atoms with Crippen LogP contribution in [0, 0.1) is 0 Å². The fourth-order valence-corrected chi connectivity index (χ4v) is 3.04. The molecule has 0 saturated heterocycles. The molecule has 0 heterocycles. The molecule has 2 rings (SSSR count). The Morgan fingerprint density at radius 3 is 1.46 bits per heavy atom. The number of nitrogens with zero attached hydrogens (tertiary/aromatic N) is 2. The van der Waals surface area contributed by atoms with E-state index in [1.807, 2.05) is 0 Å². The Bertz CT molecular complexity index is 958. The van der Waals surface area contributed by atoms with Crippen LogP contribution in [-0.2, 0) is 20.2 Å². The van der Waals surface area contributed by atoms with E-state index in [1.165, 1.54) is 48.8 Å². The summed E-state index contributed by atoms with van der Waals surface area (Å²) >= 11 is 0. The highest BCUT2D eigenvalue weighted by Crippen LogP contribution is 2.10. The van der Waals surface area contributed by atoms with Crippen LogP contribution in [0.2, 0.25) is 0 Å². The van der Waals surface area contributed by atoms with Gasteiger partial charge in [-0.15, -0.1) is 0 Å². The average Bonchev–Trinajstić information content (AvgIpc) is 2.57. The first-order valence-corrected chi connectivity index (χ1v) is 10.2. The SMILES string of the molecule is O=S(=O)(O)c1cccc(C=NCCN=Cc2cccc(S(=O)(=O)O)c2)c1. The van der Waals surface area contributed by atoms with Gasteiger partial charge in [0.2, 0.25) is 0 Å². The van der Waals surface area contributed by atoms with Gasteiger partial charge in [-0.2, -0.15) is 16.8 Å². The molecule has 0 radical (unpaired) electrons. The number of rotatable bonds is 7. The predicted octanol–water partition coefficient (Wildman–Crippen LogP) is 1.72. The molecule has 0 amide bonds. The van der Waals surface area contributed by atoms with E-state index in [4.69, 9.17) is 9.11 Å². The maximum Gasteiger partial charge on any atom is 0.294 e. The van der Waals surface area contributed by atoms with E-state index >= 15 is 0 Å². The van der Waals surface area contributed by atoms with Gasteiger partial charge >= 0.3 is 0 Å². The molecule has 2 N–H and O–H groups in total. The van der Waals surface area contributed by atoms with Gasteiger partial charge in [-0.1, -0.05) is 24.3 Å². The zero-order valence-electron chi connectivity index (χ0n) is 13.4. The molecule has 0 saturated carbocycles. The zero-order valence-corrected chi connectivity index (χ0v) is 15.1. The van der Waals surface area contributed by atoms with E-state index < -0.39 is 20.2 Å². The van der Waals surface area contributed by atoms with Crippen molar-refractivity contribution < 1.29 is 25.9 Å². The Morgan fingerprint density at radius 1 is 0.731 bits per heavy atom. The monoisotopic (exact) mass is 396 g/mol. The summed E-state index contributed by atoms with van der Waals surface area (Å²) in [7, 11) is -8.51. The third-order valence-corrected chi connectivity index (χ3v) is 4.85. The Labute approximate surface area is 151 Å². The Morgan fingerprint density at radius 2 is 1.12 bits per heavy atom. The first kappa shape index (κ1) is 19.9. The molecule has 2 aromatic carbocycles. The van der Waals surface area contributed by atoms with E-state index in [1.54, 1.807) is 12.1 Å². The van der Waals surface area contributed by atoms with Crippen molar-refractivity contribution >= 4 is 32.7 Å². The number of aliphatic imine (C=N–C) groups is 2. The van der Waals surface area contributed by atoms with Gasteiger partial charge < -0.3 is 0 Å². The van der Waals surface area contributed by atoms with Crippen LogP contribution in [-0.4, -0.2) is 51.5 Å². The van der Waals surface area contributed by atoms with E-state index in [9.17, 15) is 16.8 Å². The molecule has 0 unspecified atom stereocenters. The summed E-state index contributed by atoms with van der Waals surface area (Å²) in [5, 5.41) is 0. The number of hydrogen-bond donors (Lipinski definition) is 2. The zero-order chi connectivity index (χ0) is 19.2. The first-order valence-electron chi connectivity index (χ1n) is 7.31. The molecule has 0 aliphatic carbocycles. The summed E-state index contributed by atoms with van der Waals surface area (Å²) in [4.78, 5) is 7.78. The Kier molecular flexibility index (Phi) is 6.37. The molecule has 8 nitrogen and oxygen atoms in total. The van der Waals surface area contributed by atoms with Gasteiger partial charge in [0, 0.05) is 12.4 Å². The standard InChI is InChI=1S/C16H16N2O6S2/c19-25(20,21)15-5-1-3-13(9-15)11-17-7-8-18-12-14-4-2-6-16(10-14)26(22,23)24/h1-6,9-12H,7-8H2,(H,19,20,21)(H,22,23,24). The quantitative estimate of drug-likeness (QED) is 0.416. The summed E-state index contributed by atoms with van der Waals surface area (Å²) in [5.41, 5.74) is 1.04. The van der Waals surface area contributed by atoms with Crippen LogP contribution < -0.4 is 0 Å². The van der Waals surface area contributed by atoms with Gasteiger partial charge in [0.15, 0.2) is 0 Å². The smallest absolute Gasteiger partial charge is 0.291 e. The second-order valence-electron chi connectivity index (χ2n) is 5.17. The van der Waals surface area contributed by atoms with Crippen molar-refractivity contribution in [2.75, 3.05) is 13.1 Å². The molecular formula is C16H16N2O6S2. The van der Waals surface area contributed by atoms with Crippen molar-refractivity contribution in [3.05, 3.63) is 59.7 Å². The summed E-state index contributed by atoms with van der Waals surface area (Å²) in [6.07, 6.45) is 2.92. The highest BCUT2D eigenvalue weighted by atomic mass is 32.2. The van der Waals surface area contributed by atoms with Crippen LogP contribution in [0.25, 0.3) is 0 Å². The third-order valence-electron chi connectivity index (χ3n) is 3.15. The van der Waals surface area contributed by atoms with Crippen molar-refractivity contribution in [2.24, 2.45) is 9.98 Å². The highest BCUT2D eigenvalue weighted by molar-refractivity contribution is 7.86. The highest BCUT2D eigenvalue weighted by Gasteiger charge is 2.09. The summed E-state index contributed by atoms with van der Waals surface area (Å²) < 4.78 is 62.2. The Hall–Kier alpha value is -2.40. The van der Waals surface area contributed by atoms with Gasteiger partial charge in [0.25, 0.3) is 20.2 Å². The molecule has 0 aromatic heterocycles. The van der Waals surface area contributed by atoms with Crippen LogP contribution in [0.5, 0.6) is 0 Å². The van der Waals surface area contributed by atoms with Crippen molar-refractivity contribution in [1.29, 1.82) is 0 Å². The van der Waals surface area contributed by atoms with Crippen LogP contribution in [0.3, 0.4) is 0 Å². The second-order valence-corrected chi connectivity index (χ2v) is 8.01. The van der Waals surface area contributed by atoms with Crippen LogP contribution >= 0.6 is 0 Å². The van der Waals surface area contributed by atoms with Gasteiger partial charge in [-0.3, -0.25) is 19.1 Å². The molecule has 138 valence electrons. The molecule has 0 spiro atoms. The molecule has 10 heteroatoms. The lowest BCUT2D eigenvalue weighted by atomic mass is 10.2. The predicted molar refractivity (Wildman–Crippen MR) is 97.4 cm³/mol. The van der Waals surface area contributed by atoms with Crippen molar-refractivity contribution in [3.8, 4) is 0 Å². The van der Waals surface area contributed by atoms with E-state index in [0.717, 1.165) is 0 Å². The molecular weight excluding hydrogens is 380 g/mol. The largest absolute Gasteiger partial charge is 0.294 e. The van der Waals surface area contributed by atoms with Crippen molar-refractivity contribution in [3.63, 3.8) is 0 Å². The molecule has 0 aliphatic heterocycles. The minimum Gasteiger partial charge on any atom is -0.291 e. The van der Waals surface area contributed by atoms with Crippen molar-refractivity contribution in [2.45, 2.75) is 9.79 Å². The van der Waals surface area contributed by atoms with Crippen LogP contribution in [0.15, 0.2) is 68.3 Å². The van der Waals surface area contributed by atoms with Crippen LogP contribution in [0.4, 0.5) is 0 Å². The summed E-state index contributed by atoms with van der Waals surface area (Å²) in [6, 6.07) is 11.4.